The van der Waals surface area contributed by atoms with Crippen LogP contribution in [0.15, 0.2) is 48.7 Å². The van der Waals surface area contributed by atoms with Crippen molar-refractivity contribution in [2.75, 3.05) is 0 Å². The molecule has 0 aliphatic carbocycles. The number of halogens is 1. The van der Waals surface area contributed by atoms with E-state index in [1.54, 1.807) is 42.6 Å². The van der Waals surface area contributed by atoms with Crippen molar-refractivity contribution in [2.24, 2.45) is 0 Å². The highest BCUT2D eigenvalue weighted by molar-refractivity contribution is 6.29. The molecule has 2 aromatic rings. The van der Waals surface area contributed by atoms with Crippen LogP contribution in [0.3, 0.4) is 0 Å². The van der Waals surface area contributed by atoms with Crippen molar-refractivity contribution in [1.29, 1.82) is 0 Å². The minimum Gasteiger partial charge on any atom is -0.330 e. The first kappa shape index (κ1) is 9.80. The van der Waals surface area contributed by atoms with Crippen LogP contribution in [0.4, 0.5) is 0 Å². The summed E-state index contributed by atoms with van der Waals surface area (Å²) in [5.74, 6) is -0.436. The van der Waals surface area contributed by atoms with Gasteiger partial charge in [-0.05, 0) is 24.3 Å². The van der Waals surface area contributed by atoms with Crippen LogP contribution in [0.25, 0.3) is 0 Å². The van der Waals surface area contributed by atoms with Crippen molar-refractivity contribution in [3.63, 3.8) is 0 Å². The maximum Gasteiger partial charge on any atom is 0.363 e. The van der Waals surface area contributed by atoms with Crippen LogP contribution in [0.2, 0.25) is 5.15 Å². The third kappa shape index (κ3) is 2.19. The van der Waals surface area contributed by atoms with Gasteiger partial charge in [-0.2, -0.15) is 4.73 Å². The molecule has 0 fully saturated rings. The predicted octanol–water partition coefficient (Wildman–Crippen LogP) is 2.41. The van der Waals surface area contributed by atoms with Crippen LogP contribution in [0.1, 0.15) is 10.4 Å². The minimum absolute atomic E-state index is 0.360. The fourth-order valence-corrected chi connectivity index (χ4v) is 1.30. The van der Waals surface area contributed by atoms with E-state index in [2.05, 4.69) is 0 Å². The van der Waals surface area contributed by atoms with Gasteiger partial charge in [0.25, 0.3) is 0 Å². The summed E-state index contributed by atoms with van der Waals surface area (Å²) in [5, 5.41) is 0.360. The molecule has 76 valence electrons. The van der Waals surface area contributed by atoms with Gasteiger partial charge in [0, 0.05) is 6.20 Å². The molecule has 0 saturated heterocycles. The molecule has 0 aliphatic heterocycles. The lowest BCUT2D eigenvalue weighted by molar-refractivity contribution is 0.0464. The summed E-state index contributed by atoms with van der Waals surface area (Å²) in [4.78, 5) is 16.6. The number of aromatic nitrogens is 1. The highest BCUT2D eigenvalue weighted by Gasteiger charge is 2.08. The molecule has 2 rings (SSSR count). The highest BCUT2D eigenvalue weighted by atomic mass is 35.5. The monoisotopic (exact) mass is 221 g/mol. The molecule has 1 heterocycles. The highest BCUT2D eigenvalue weighted by Crippen LogP contribution is 2.08. The Morgan fingerprint density at radius 1 is 1.13 bits per heavy atom. The van der Waals surface area contributed by atoms with Gasteiger partial charge in [0.05, 0.1) is 5.56 Å². The quantitative estimate of drug-likeness (QED) is 0.780. The van der Waals surface area contributed by atoms with E-state index in [-0.39, 0.29) is 0 Å². The van der Waals surface area contributed by atoms with E-state index in [0.29, 0.717) is 10.7 Å². The van der Waals surface area contributed by atoms with E-state index in [1.165, 1.54) is 4.73 Å². The van der Waals surface area contributed by atoms with Crippen molar-refractivity contribution in [2.45, 2.75) is 0 Å². The molecular weight excluding hydrogens is 214 g/mol. The maximum absolute atomic E-state index is 11.6. The molecule has 15 heavy (non-hydrogen) atoms. The second kappa shape index (κ2) is 4.19. The van der Waals surface area contributed by atoms with Gasteiger partial charge >= 0.3 is 5.97 Å². The fourth-order valence-electron chi connectivity index (χ4n) is 1.14. The first-order chi connectivity index (χ1) is 7.27. The van der Waals surface area contributed by atoms with Crippen molar-refractivity contribution >= 4 is 17.6 Å². The Bertz CT molecular complexity index is 464. The molecule has 0 spiro atoms. The van der Waals surface area contributed by atoms with Gasteiger partial charge in [-0.1, -0.05) is 29.8 Å². The Hall–Kier alpha value is -1.74. The number of hydrogen-bond acceptors (Lipinski definition) is 2. The Morgan fingerprint density at radius 3 is 2.47 bits per heavy atom. The predicted molar refractivity (Wildman–Crippen MR) is 56.8 cm³/mol. The Balaban J connectivity index is 2.15. The average molecular weight is 222 g/mol. The van der Waals surface area contributed by atoms with Crippen molar-refractivity contribution in [1.82, 2.24) is 4.73 Å². The Kier molecular flexibility index (Phi) is 2.74. The molecule has 0 unspecified atom stereocenters. The summed E-state index contributed by atoms with van der Waals surface area (Å²) < 4.78 is 1.22. The first-order valence-electron chi connectivity index (χ1n) is 4.38. The SMILES string of the molecule is O=C(On1cccc1Cl)c1ccccc1. The van der Waals surface area contributed by atoms with Crippen LogP contribution >= 0.6 is 11.6 Å². The van der Waals surface area contributed by atoms with Gasteiger partial charge in [-0.15, -0.1) is 0 Å². The average Bonchev–Trinajstić information content (AvgIpc) is 2.66. The van der Waals surface area contributed by atoms with Crippen LogP contribution in [0, 0.1) is 0 Å². The van der Waals surface area contributed by atoms with Crippen molar-refractivity contribution in [3.8, 4) is 0 Å². The van der Waals surface area contributed by atoms with E-state index < -0.39 is 5.97 Å². The zero-order chi connectivity index (χ0) is 10.7. The third-order valence-electron chi connectivity index (χ3n) is 1.86. The summed E-state index contributed by atoms with van der Waals surface area (Å²) in [7, 11) is 0. The molecule has 4 heteroatoms. The van der Waals surface area contributed by atoms with Gasteiger partial charge in [-0.3, -0.25) is 0 Å². The summed E-state index contributed by atoms with van der Waals surface area (Å²) in [6, 6.07) is 12.1. The van der Waals surface area contributed by atoms with Crippen LogP contribution in [0.5, 0.6) is 0 Å². The molecule has 1 aromatic carbocycles. The second-order valence-corrected chi connectivity index (χ2v) is 3.29. The number of nitrogens with zero attached hydrogens (tertiary/aromatic N) is 1. The smallest absolute Gasteiger partial charge is 0.330 e. The second-order valence-electron chi connectivity index (χ2n) is 2.90. The number of benzene rings is 1. The number of carbonyl (C=O) groups is 1. The summed E-state index contributed by atoms with van der Waals surface area (Å²) in [6.45, 7) is 0. The third-order valence-corrected chi connectivity index (χ3v) is 2.15. The number of rotatable bonds is 2. The molecule has 0 atom stereocenters. The van der Waals surface area contributed by atoms with Crippen LogP contribution in [-0.4, -0.2) is 10.7 Å². The molecule has 0 amide bonds. The minimum atomic E-state index is -0.436. The van der Waals surface area contributed by atoms with Gasteiger partial charge in [-0.25, -0.2) is 4.79 Å². The zero-order valence-electron chi connectivity index (χ0n) is 7.76. The summed E-state index contributed by atoms with van der Waals surface area (Å²) in [6.07, 6.45) is 1.57. The van der Waals surface area contributed by atoms with Gasteiger partial charge < -0.3 is 4.84 Å². The standard InChI is InChI=1S/C11H8ClNO2/c12-10-7-4-8-13(10)15-11(14)9-5-2-1-3-6-9/h1-8H. The summed E-state index contributed by atoms with van der Waals surface area (Å²) in [5.41, 5.74) is 0.488. The molecule has 0 bridgehead atoms. The lowest BCUT2D eigenvalue weighted by Crippen LogP contribution is -2.18. The lowest BCUT2D eigenvalue weighted by Gasteiger charge is -2.04. The van der Waals surface area contributed by atoms with Gasteiger partial charge in [0.15, 0.2) is 0 Å². The maximum atomic E-state index is 11.6. The largest absolute Gasteiger partial charge is 0.363 e. The van der Waals surface area contributed by atoms with Gasteiger partial charge in [0.1, 0.15) is 5.15 Å². The Morgan fingerprint density at radius 2 is 1.87 bits per heavy atom. The summed E-state index contributed by atoms with van der Waals surface area (Å²) >= 11 is 5.76. The molecular formula is C11H8ClNO2. The molecule has 0 saturated carbocycles. The van der Waals surface area contributed by atoms with E-state index in [1.807, 2.05) is 6.07 Å². The van der Waals surface area contributed by atoms with Crippen molar-refractivity contribution < 1.29 is 9.63 Å². The van der Waals surface area contributed by atoms with E-state index >= 15 is 0 Å². The Labute approximate surface area is 91.8 Å². The van der Waals surface area contributed by atoms with Crippen LogP contribution < -0.4 is 4.84 Å². The first-order valence-corrected chi connectivity index (χ1v) is 4.76. The topological polar surface area (TPSA) is 31.2 Å². The van der Waals surface area contributed by atoms with Gasteiger partial charge in [0.2, 0.25) is 0 Å². The molecule has 0 N–H and O–H groups in total. The van der Waals surface area contributed by atoms with Crippen molar-refractivity contribution in [3.05, 3.63) is 59.4 Å². The fraction of sp³-hybridized carbons (Fsp3) is 0. The molecule has 0 radical (unpaired) electrons. The molecule has 1 aromatic heterocycles. The normalized spacial score (nSPS) is 9.93. The van der Waals surface area contributed by atoms with E-state index in [4.69, 9.17) is 16.4 Å². The van der Waals surface area contributed by atoms with E-state index in [9.17, 15) is 4.79 Å². The molecule has 3 nitrogen and oxygen atoms in total. The van der Waals surface area contributed by atoms with E-state index in [0.717, 1.165) is 0 Å². The molecule has 0 aliphatic rings. The number of hydrogen-bond donors (Lipinski definition) is 0. The number of carbonyl (C=O) groups excluding carboxylic acids is 1. The van der Waals surface area contributed by atoms with Crippen LogP contribution in [-0.2, 0) is 0 Å². The lowest BCUT2D eigenvalue weighted by atomic mass is 10.2. The zero-order valence-corrected chi connectivity index (χ0v) is 8.52.